The zero-order chi connectivity index (χ0) is 9.31. The highest BCUT2D eigenvalue weighted by atomic mass is 16.3. The molecule has 0 radical (unpaired) electrons. The van der Waals surface area contributed by atoms with Crippen molar-refractivity contribution in [2.24, 2.45) is 5.92 Å². The Bertz CT molecular complexity index is 179. The molecule has 0 aromatic rings. The molecule has 1 aliphatic heterocycles. The van der Waals surface area contributed by atoms with Crippen LogP contribution in [0.25, 0.3) is 0 Å². The quantitative estimate of drug-likeness (QED) is 0.719. The summed E-state index contributed by atoms with van der Waals surface area (Å²) >= 11 is 0. The van der Waals surface area contributed by atoms with Crippen LogP contribution in [0.3, 0.4) is 0 Å². The summed E-state index contributed by atoms with van der Waals surface area (Å²) in [6.45, 7) is 5.42. The third-order valence-electron chi connectivity index (χ3n) is 3.76. The Labute approximate surface area is 80.9 Å². The molecule has 2 rings (SSSR count). The SMILES string of the molecule is CCCN1CCC(O)(C2CCC2)C1. The maximum Gasteiger partial charge on any atom is 0.0814 e. The summed E-state index contributed by atoms with van der Waals surface area (Å²) in [5.41, 5.74) is -0.312. The number of nitrogens with zero attached hydrogens (tertiary/aromatic N) is 1. The van der Waals surface area contributed by atoms with E-state index in [0.717, 1.165) is 26.1 Å². The van der Waals surface area contributed by atoms with Crippen LogP contribution in [0, 0.1) is 5.92 Å². The van der Waals surface area contributed by atoms with Crippen molar-refractivity contribution in [2.45, 2.75) is 44.6 Å². The maximum atomic E-state index is 10.4. The molecule has 0 aromatic heterocycles. The van der Waals surface area contributed by atoms with Gasteiger partial charge in [0.25, 0.3) is 0 Å². The molecule has 1 heterocycles. The van der Waals surface area contributed by atoms with E-state index in [-0.39, 0.29) is 5.60 Å². The largest absolute Gasteiger partial charge is 0.388 e. The van der Waals surface area contributed by atoms with Crippen LogP contribution in [0.2, 0.25) is 0 Å². The molecule has 1 unspecified atom stereocenters. The normalized spacial score (nSPS) is 36.5. The van der Waals surface area contributed by atoms with Gasteiger partial charge in [0.2, 0.25) is 0 Å². The Morgan fingerprint density at radius 2 is 2.23 bits per heavy atom. The maximum absolute atomic E-state index is 10.4. The van der Waals surface area contributed by atoms with Gasteiger partial charge in [-0.25, -0.2) is 0 Å². The fraction of sp³-hybridized carbons (Fsp3) is 1.00. The van der Waals surface area contributed by atoms with Crippen molar-refractivity contribution in [1.82, 2.24) is 4.90 Å². The standard InChI is InChI=1S/C11H21NO/c1-2-7-12-8-6-11(13,9-12)10-4-3-5-10/h10,13H,2-9H2,1H3. The topological polar surface area (TPSA) is 23.5 Å². The summed E-state index contributed by atoms with van der Waals surface area (Å²) in [5.74, 6) is 0.620. The molecule has 1 saturated carbocycles. The summed E-state index contributed by atoms with van der Waals surface area (Å²) in [4.78, 5) is 2.42. The van der Waals surface area contributed by atoms with E-state index in [9.17, 15) is 5.11 Å². The molecule has 2 aliphatic rings. The number of rotatable bonds is 3. The predicted octanol–water partition coefficient (Wildman–Crippen LogP) is 1.63. The number of β-amino-alcohol motifs (C(OH)–C–C–N with tert-alkyl or cyclic N) is 1. The van der Waals surface area contributed by atoms with Gasteiger partial charge in [0, 0.05) is 13.1 Å². The van der Waals surface area contributed by atoms with Crippen molar-refractivity contribution >= 4 is 0 Å². The minimum absolute atomic E-state index is 0.312. The van der Waals surface area contributed by atoms with Crippen LogP contribution in [0.15, 0.2) is 0 Å². The Kier molecular flexibility index (Phi) is 2.61. The van der Waals surface area contributed by atoms with Crippen LogP contribution in [0.1, 0.15) is 39.0 Å². The van der Waals surface area contributed by atoms with Crippen LogP contribution in [-0.2, 0) is 0 Å². The van der Waals surface area contributed by atoms with Crippen molar-refractivity contribution in [3.63, 3.8) is 0 Å². The summed E-state index contributed by atoms with van der Waals surface area (Å²) in [6.07, 6.45) is 6.08. The van der Waals surface area contributed by atoms with Gasteiger partial charge in [-0.05, 0) is 38.1 Å². The minimum atomic E-state index is -0.312. The molecule has 0 bridgehead atoms. The zero-order valence-electron chi connectivity index (χ0n) is 8.63. The summed E-state index contributed by atoms with van der Waals surface area (Å²) < 4.78 is 0. The zero-order valence-corrected chi connectivity index (χ0v) is 8.63. The van der Waals surface area contributed by atoms with E-state index in [1.165, 1.54) is 25.7 Å². The molecule has 1 saturated heterocycles. The van der Waals surface area contributed by atoms with E-state index >= 15 is 0 Å². The number of aliphatic hydroxyl groups is 1. The van der Waals surface area contributed by atoms with Gasteiger partial charge in [-0.15, -0.1) is 0 Å². The van der Waals surface area contributed by atoms with Crippen LogP contribution in [0.4, 0.5) is 0 Å². The monoisotopic (exact) mass is 183 g/mol. The molecule has 2 fully saturated rings. The van der Waals surface area contributed by atoms with Crippen molar-refractivity contribution < 1.29 is 5.11 Å². The predicted molar refractivity (Wildman–Crippen MR) is 53.6 cm³/mol. The molecule has 2 nitrogen and oxygen atoms in total. The average molecular weight is 183 g/mol. The number of hydrogen-bond acceptors (Lipinski definition) is 2. The van der Waals surface area contributed by atoms with Gasteiger partial charge in [0.1, 0.15) is 0 Å². The van der Waals surface area contributed by atoms with Gasteiger partial charge in [-0.3, -0.25) is 0 Å². The highest BCUT2D eigenvalue weighted by Crippen LogP contribution is 2.41. The van der Waals surface area contributed by atoms with E-state index < -0.39 is 0 Å². The molecular formula is C11H21NO. The molecule has 0 spiro atoms. The second-order valence-corrected chi connectivity index (χ2v) is 4.76. The Hall–Kier alpha value is -0.0800. The molecule has 2 heteroatoms. The van der Waals surface area contributed by atoms with Crippen LogP contribution in [0.5, 0.6) is 0 Å². The van der Waals surface area contributed by atoms with Gasteiger partial charge < -0.3 is 10.0 Å². The van der Waals surface area contributed by atoms with Crippen LogP contribution in [-0.4, -0.2) is 35.2 Å². The first-order valence-corrected chi connectivity index (χ1v) is 5.69. The van der Waals surface area contributed by atoms with Crippen LogP contribution >= 0.6 is 0 Å². The molecule has 0 amide bonds. The number of hydrogen-bond donors (Lipinski definition) is 1. The average Bonchev–Trinajstić information content (AvgIpc) is 2.29. The van der Waals surface area contributed by atoms with Gasteiger partial charge >= 0.3 is 0 Å². The molecule has 76 valence electrons. The lowest BCUT2D eigenvalue weighted by Gasteiger charge is -2.38. The summed E-state index contributed by atoms with van der Waals surface area (Å²) in [5, 5.41) is 10.4. The first-order valence-electron chi connectivity index (χ1n) is 5.69. The molecule has 1 atom stereocenters. The Balaban J connectivity index is 1.87. The lowest BCUT2D eigenvalue weighted by Crippen LogP contribution is -2.44. The third kappa shape index (κ3) is 1.75. The van der Waals surface area contributed by atoms with E-state index in [1.807, 2.05) is 0 Å². The molecule has 13 heavy (non-hydrogen) atoms. The van der Waals surface area contributed by atoms with E-state index in [1.54, 1.807) is 0 Å². The van der Waals surface area contributed by atoms with Crippen LogP contribution < -0.4 is 0 Å². The summed E-state index contributed by atoms with van der Waals surface area (Å²) in [7, 11) is 0. The second kappa shape index (κ2) is 3.58. The Morgan fingerprint density at radius 3 is 2.77 bits per heavy atom. The van der Waals surface area contributed by atoms with Crippen molar-refractivity contribution in [1.29, 1.82) is 0 Å². The smallest absolute Gasteiger partial charge is 0.0814 e. The molecule has 1 N–H and O–H groups in total. The first-order chi connectivity index (χ1) is 6.24. The highest BCUT2D eigenvalue weighted by molar-refractivity contribution is 4.98. The van der Waals surface area contributed by atoms with Crippen molar-refractivity contribution in [2.75, 3.05) is 19.6 Å². The second-order valence-electron chi connectivity index (χ2n) is 4.76. The first kappa shape index (κ1) is 9.47. The van der Waals surface area contributed by atoms with E-state index in [2.05, 4.69) is 11.8 Å². The highest BCUT2D eigenvalue weighted by Gasteiger charge is 2.44. The van der Waals surface area contributed by atoms with E-state index in [0.29, 0.717) is 5.92 Å². The third-order valence-corrected chi connectivity index (χ3v) is 3.76. The van der Waals surface area contributed by atoms with Gasteiger partial charge in [0.15, 0.2) is 0 Å². The fourth-order valence-corrected chi connectivity index (χ4v) is 2.68. The Morgan fingerprint density at radius 1 is 1.46 bits per heavy atom. The minimum Gasteiger partial charge on any atom is -0.388 e. The van der Waals surface area contributed by atoms with Crippen molar-refractivity contribution in [3.05, 3.63) is 0 Å². The molecular weight excluding hydrogens is 162 g/mol. The van der Waals surface area contributed by atoms with Crippen molar-refractivity contribution in [3.8, 4) is 0 Å². The molecule has 0 aromatic carbocycles. The van der Waals surface area contributed by atoms with E-state index in [4.69, 9.17) is 0 Å². The fourth-order valence-electron chi connectivity index (χ4n) is 2.68. The lowest BCUT2D eigenvalue weighted by molar-refractivity contribution is -0.0407. The number of likely N-dealkylation sites (tertiary alicyclic amines) is 1. The van der Waals surface area contributed by atoms with Gasteiger partial charge in [0.05, 0.1) is 5.60 Å². The van der Waals surface area contributed by atoms with Gasteiger partial charge in [-0.1, -0.05) is 13.3 Å². The molecule has 1 aliphatic carbocycles. The lowest BCUT2D eigenvalue weighted by atomic mass is 9.72. The summed E-state index contributed by atoms with van der Waals surface area (Å²) in [6, 6.07) is 0. The van der Waals surface area contributed by atoms with Gasteiger partial charge in [-0.2, -0.15) is 0 Å².